The maximum atomic E-state index is 12.7. The number of thiazole rings is 2. The predicted octanol–water partition coefficient (Wildman–Crippen LogP) is 7.55. The van der Waals surface area contributed by atoms with Crippen molar-refractivity contribution >= 4 is 43.9 Å². The van der Waals surface area contributed by atoms with Crippen LogP contribution >= 0.6 is 22.7 Å². The Hall–Kier alpha value is -4.26. The van der Waals surface area contributed by atoms with E-state index in [-0.39, 0.29) is 11.6 Å². The number of benzene rings is 4. The van der Waals surface area contributed by atoms with Crippen LogP contribution in [0.5, 0.6) is 0 Å². The summed E-state index contributed by atoms with van der Waals surface area (Å²) in [7, 11) is 0. The molecule has 0 bridgehead atoms. The van der Waals surface area contributed by atoms with Crippen molar-refractivity contribution in [3.63, 3.8) is 0 Å². The van der Waals surface area contributed by atoms with Gasteiger partial charge >= 0.3 is 0 Å². The number of carbonyl (C=O) groups excluding carboxylic acids is 2. The number of ketones is 2. The summed E-state index contributed by atoms with van der Waals surface area (Å²) in [5.41, 5.74) is 4.57. The van der Waals surface area contributed by atoms with Gasteiger partial charge in [0.1, 0.15) is 10.0 Å². The van der Waals surface area contributed by atoms with Crippen LogP contribution in [0, 0.1) is 0 Å². The number of fused-ring (bicyclic) bond motifs is 1. The molecule has 0 N–H and O–H groups in total. The van der Waals surface area contributed by atoms with Gasteiger partial charge in [-0.3, -0.25) is 9.59 Å². The highest BCUT2D eigenvalue weighted by atomic mass is 32.1. The minimum absolute atomic E-state index is 0.00469. The molecule has 172 valence electrons. The average Bonchev–Trinajstić information content (AvgIpc) is 3.53. The summed E-state index contributed by atoms with van der Waals surface area (Å²) >= 11 is 3.06. The molecule has 36 heavy (non-hydrogen) atoms. The van der Waals surface area contributed by atoms with E-state index >= 15 is 0 Å². The van der Waals surface area contributed by atoms with Crippen LogP contribution in [-0.4, -0.2) is 21.5 Å². The highest BCUT2D eigenvalue weighted by molar-refractivity contribution is 7.29. The van der Waals surface area contributed by atoms with Crippen molar-refractivity contribution in [1.29, 1.82) is 0 Å². The van der Waals surface area contributed by atoms with Gasteiger partial charge in [-0.05, 0) is 0 Å². The number of aromatic nitrogens is 2. The second-order valence-corrected chi connectivity index (χ2v) is 10.1. The standard InChI is InChI=1S/C30H18N2O2S2/c33-25(19-7-3-1-4-8-19)21-11-15-23(16-12-21)27-31-29-30(35-27)32-28(36-29)24-17-13-22(14-18-24)26(34)20-9-5-2-6-10-20/h1-18H. The summed E-state index contributed by atoms with van der Waals surface area (Å²) < 4.78 is 0. The van der Waals surface area contributed by atoms with Gasteiger partial charge in [-0.2, -0.15) is 0 Å². The van der Waals surface area contributed by atoms with E-state index in [1.807, 2.05) is 109 Å². The van der Waals surface area contributed by atoms with E-state index in [2.05, 4.69) is 0 Å². The summed E-state index contributed by atoms with van der Waals surface area (Å²) in [6, 6.07) is 33.7. The van der Waals surface area contributed by atoms with E-state index in [9.17, 15) is 9.59 Å². The molecule has 6 aromatic rings. The quantitative estimate of drug-likeness (QED) is 0.221. The Balaban J connectivity index is 1.21. The second kappa shape index (κ2) is 9.41. The van der Waals surface area contributed by atoms with Crippen molar-refractivity contribution in [2.75, 3.05) is 0 Å². The maximum absolute atomic E-state index is 12.7. The molecular formula is C30H18N2O2S2. The summed E-state index contributed by atoms with van der Waals surface area (Å²) in [5.74, 6) is 0.00938. The van der Waals surface area contributed by atoms with Gasteiger partial charge in [0.05, 0.1) is 0 Å². The first-order valence-electron chi connectivity index (χ1n) is 11.3. The topological polar surface area (TPSA) is 59.9 Å². The summed E-state index contributed by atoms with van der Waals surface area (Å²) in [6.07, 6.45) is 0. The molecule has 0 radical (unpaired) electrons. The van der Waals surface area contributed by atoms with Crippen molar-refractivity contribution in [3.8, 4) is 21.1 Å². The van der Waals surface area contributed by atoms with E-state index in [1.165, 1.54) is 22.7 Å². The fourth-order valence-corrected chi connectivity index (χ4v) is 5.98. The Labute approximate surface area is 215 Å². The molecular weight excluding hydrogens is 484 g/mol. The third-order valence-corrected chi connectivity index (χ3v) is 7.96. The minimum atomic E-state index is 0.00469. The van der Waals surface area contributed by atoms with Gasteiger partial charge in [0, 0.05) is 33.4 Å². The molecule has 0 spiro atoms. The molecule has 0 aliphatic heterocycles. The van der Waals surface area contributed by atoms with Crippen LogP contribution in [0.3, 0.4) is 0 Å². The zero-order valence-corrected chi connectivity index (χ0v) is 20.6. The number of nitrogens with zero attached hydrogens (tertiary/aromatic N) is 2. The van der Waals surface area contributed by atoms with Crippen molar-refractivity contribution < 1.29 is 9.59 Å². The van der Waals surface area contributed by atoms with Crippen LogP contribution in [-0.2, 0) is 0 Å². The van der Waals surface area contributed by atoms with E-state index in [4.69, 9.17) is 9.97 Å². The van der Waals surface area contributed by atoms with Crippen LogP contribution in [0.25, 0.3) is 30.8 Å². The molecule has 2 heterocycles. The lowest BCUT2D eigenvalue weighted by molar-refractivity contribution is 0.103. The van der Waals surface area contributed by atoms with Crippen LogP contribution in [0.1, 0.15) is 31.8 Å². The molecule has 2 aromatic heterocycles. The van der Waals surface area contributed by atoms with E-state index in [1.54, 1.807) is 0 Å². The van der Waals surface area contributed by atoms with Crippen LogP contribution in [0.2, 0.25) is 0 Å². The summed E-state index contributed by atoms with van der Waals surface area (Å²) in [6.45, 7) is 0. The fourth-order valence-electron chi connectivity index (χ4n) is 3.93. The van der Waals surface area contributed by atoms with Gasteiger partial charge in [0.25, 0.3) is 0 Å². The smallest absolute Gasteiger partial charge is 0.193 e. The van der Waals surface area contributed by atoms with Gasteiger partial charge < -0.3 is 0 Å². The molecule has 6 rings (SSSR count). The Bertz CT molecular complexity index is 1530. The SMILES string of the molecule is O=C(c1ccccc1)c1ccc(-c2nc3sc(-c4ccc(C(=O)c5ccccc5)cc4)nc3s2)cc1. The monoisotopic (exact) mass is 502 g/mol. The zero-order valence-electron chi connectivity index (χ0n) is 18.9. The normalized spacial score (nSPS) is 11.0. The molecule has 0 saturated heterocycles. The third-order valence-electron chi connectivity index (χ3n) is 5.84. The molecule has 0 aliphatic rings. The molecule has 4 aromatic carbocycles. The van der Waals surface area contributed by atoms with E-state index < -0.39 is 0 Å². The average molecular weight is 503 g/mol. The molecule has 0 amide bonds. The second-order valence-electron chi connectivity index (χ2n) is 8.19. The van der Waals surface area contributed by atoms with Gasteiger partial charge in [0.2, 0.25) is 0 Å². The first-order chi connectivity index (χ1) is 17.7. The van der Waals surface area contributed by atoms with Crippen molar-refractivity contribution in [2.24, 2.45) is 0 Å². The lowest BCUT2D eigenvalue weighted by Gasteiger charge is -2.03. The highest BCUT2D eigenvalue weighted by Gasteiger charge is 2.15. The molecule has 0 unspecified atom stereocenters. The van der Waals surface area contributed by atoms with Crippen LogP contribution < -0.4 is 0 Å². The van der Waals surface area contributed by atoms with Crippen molar-refractivity contribution in [1.82, 2.24) is 9.97 Å². The lowest BCUT2D eigenvalue weighted by Crippen LogP contribution is -2.00. The number of hydrogen-bond donors (Lipinski definition) is 0. The van der Waals surface area contributed by atoms with E-state index in [0.29, 0.717) is 22.3 Å². The highest BCUT2D eigenvalue weighted by Crippen LogP contribution is 2.36. The molecule has 0 fully saturated rings. The minimum Gasteiger partial charge on any atom is -0.289 e. The molecule has 6 heteroatoms. The number of hydrogen-bond acceptors (Lipinski definition) is 6. The first kappa shape index (κ1) is 22.2. The number of rotatable bonds is 6. The predicted molar refractivity (Wildman–Crippen MR) is 146 cm³/mol. The number of carbonyl (C=O) groups is 2. The molecule has 4 nitrogen and oxygen atoms in total. The Morgan fingerprint density at radius 3 is 1.14 bits per heavy atom. The summed E-state index contributed by atoms with van der Waals surface area (Å²) in [5, 5.41) is 1.75. The Morgan fingerprint density at radius 2 is 0.778 bits per heavy atom. The lowest BCUT2D eigenvalue weighted by atomic mass is 10.0. The molecule has 0 atom stereocenters. The third kappa shape index (κ3) is 4.28. The maximum Gasteiger partial charge on any atom is 0.193 e. The fraction of sp³-hybridized carbons (Fsp3) is 0. The Kier molecular flexibility index (Phi) is 5.81. The van der Waals surface area contributed by atoms with E-state index in [0.717, 1.165) is 30.8 Å². The first-order valence-corrected chi connectivity index (χ1v) is 13.0. The van der Waals surface area contributed by atoms with Gasteiger partial charge in [-0.25, -0.2) is 9.97 Å². The largest absolute Gasteiger partial charge is 0.289 e. The van der Waals surface area contributed by atoms with Gasteiger partial charge in [-0.1, -0.05) is 132 Å². The molecule has 0 saturated carbocycles. The Morgan fingerprint density at radius 1 is 0.444 bits per heavy atom. The van der Waals surface area contributed by atoms with Crippen LogP contribution in [0.15, 0.2) is 109 Å². The van der Waals surface area contributed by atoms with Crippen molar-refractivity contribution in [2.45, 2.75) is 0 Å². The molecule has 0 aliphatic carbocycles. The summed E-state index contributed by atoms with van der Waals surface area (Å²) in [4.78, 5) is 36.6. The van der Waals surface area contributed by atoms with Crippen LogP contribution in [0.4, 0.5) is 0 Å². The van der Waals surface area contributed by atoms with Gasteiger partial charge in [-0.15, -0.1) is 0 Å². The van der Waals surface area contributed by atoms with Gasteiger partial charge in [0.15, 0.2) is 21.2 Å². The zero-order chi connectivity index (χ0) is 24.5. The van der Waals surface area contributed by atoms with Crippen molar-refractivity contribution in [3.05, 3.63) is 131 Å².